The van der Waals surface area contributed by atoms with Crippen molar-refractivity contribution < 1.29 is 9.90 Å². The number of carbonyl (C=O) groups is 1. The lowest BCUT2D eigenvalue weighted by molar-refractivity contribution is 0.0690. The Morgan fingerprint density at radius 3 is 2.65 bits per heavy atom. The fourth-order valence-electron chi connectivity index (χ4n) is 1.24. The first-order chi connectivity index (χ1) is 8.06. The molecule has 88 valence electrons. The number of anilines is 2. The summed E-state index contributed by atoms with van der Waals surface area (Å²) in [6, 6.07) is 3.13. The number of carboxylic acid groups (broad SMARTS) is 1. The molecular formula is C11H11N3O2S. The largest absolute Gasteiger partial charge is 0.477 e. The van der Waals surface area contributed by atoms with E-state index >= 15 is 0 Å². The van der Waals surface area contributed by atoms with Gasteiger partial charge in [-0.25, -0.2) is 14.8 Å². The highest BCUT2D eigenvalue weighted by Crippen LogP contribution is 2.24. The number of nitrogens with one attached hydrogen (secondary N) is 1. The second-order valence-electron chi connectivity index (χ2n) is 3.52. The third-order valence-corrected chi connectivity index (χ3v) is 3.25. The van der Waals surface area contributed by atoms with Crippen LogP contribution in [0, 0.1) is 13.8 Å². The van der Waals surface area contributed by atoms with Gasteiger partial charge in [0.25, 0.3) is 0 Å². The minimum Gasteiger partial charge on any atom is -0.477 e. The molecule has 2 aromatic heterocycles. The van der Waals surface area contributed by atoms with Gasteiger partial charge in [-0.05, 0) is 26.0 Å². The maximum Gasteiger partial charge on any atom is 0.354 e. The van der Waals surface area contributed by atoms with E-state index in [9.17, 15) is 4.79 Å². The summed E-state index contributed by atoms with van der Waals surface area (Å²) in [7, 11) is 0. The molecule has 0 fully saturated rings. The zero-order chi connectivity index (χ0) is 12.4. The second kappa shape index (κ2) is 4.50. The summed E-state index contributed by atoms with van der Waals surface area (Å²) in [5.74, 6) is -1.03. The third kappa shape index (κ3) is 2.59. The molecule has 0 saturated carbocycles. The van der Waals surface area contributed by atoms with E-state index in [1.54, 1.807) is 17.4 Å². The third-order valence-electron chi connectivity index (χ3n) is 2.26. The molecule has 5 nitrogen and oxygen atoms in total. The van der Waals surface area contributed by atoms with Crippen LogP contribution in [0.25, 0.3) is 0 Å². The van der Waals surface area contributed by atoms with Crippen molar-refractivity contribution in [3.05, 3.63) is 34.6 Å². The summed E-state index contributed by atoms with van der Waals surface area (Å²) in [6.45, 7) is 3.95. The maximum atomic E-state index is 10.6. The van der Waals surface area contributed by atoms with E-state index in [1.165, 1.54) is 12.3 Å². The SMILES string of the molecule is Cc1nc(Nc2ccc(C(=O)O)nc2)sc1C. The van der Waals surface area contributed by atoms with Crippen LogP contribution in [-0.4, -0.2) is 21.0 Å². The molecular weight excluding hydrogens is 238 g/mol. The van der Waals surface area contributed by atoms with Crippen LogP contribution in [0.1, 0.15) is 21.1 Å². The molecule has 0 aliphatic heterocycles. The van der Waals surface area contributed by atoms with Crippen LogP contribution in [0.2, 0.25) is 0 Å². The number of thiazole rings is 1. The number of hydrogen-bond donors (Lipinski definition) is 2. The molecule has 2 aromatic rings. The molecule has 0 saturated heterocycles. The number of carboxylic acids is 1. The number of aryl methyl sites for hydroxylation is 2. The lowest BCUT2D eigenvalue weighted by Crippen LogP contribution is -2.00. The van der Waals surface area contributed by atoms with Gasteiger partial charge >= 0.3 is 5.97 Å². The van der Waals surface area contributed by atoms with Crippen molar-refractivity contribution >= 4 is 28.1 Å². The van der Waals surface area contributed by atoms with Crippen molar-refractivity contribution in [3.63, 3.8) is 0 Å². The fourth-order valence-corrected chi connectivity index (χ4v) is 2.08. The van der Waals surface area contributed by atoms with Crippen LogP contribution < -0.4 is 5.32 Å². The molecule has 2 heterocycles. The molecule has 2 rings (SSSR count). The maximum absolute atomic E-state index is 10.6. The molecule has 0 amide bonds. The average Bonchev–Trinajstić information content (AvgIpc) is 2.58. The topological polar surface area (TPSA) is 75.1 Å². The first kappa shape index (κ1) is 11.5. The molecule has 2 N–H and O–H groups in total. The predicted octanol–water partition coefficient (Wildman–Crippen LogP) is 2.60. The quantitative estimate of drug-likeness (QED) is 0.874. The number of aromatic carboxylic acids is 1. The van der Waals surface area contributed by atoms with Gasteiger partial charge in [0.15, 0.2) is 5.13 Å². The minimum absolute atomic E-state index is 0.0297. The van der Waals surface area contributed by atoms with Crippen molar-refractivity contribution in [2.24, 2.45) is 0 Å². The molecule has 0 radical (unpaired) electrons. The van der Waals surface area contributed by atoms with Gasteiger partial charge in [-0.15, -0.1) is 11.3 Å². The second-order valence-corrected chi connectivity index (χ2v) is 4.73. The Hall–Kier alpha value is -1.95. The van der Waals surface area contributed by atoms with E-state index in [1.807, 2.05) is 13.8 Å². The Morgan fingerprint density at radius 1 is 1.41 bits per heavy atom. The Bertz CT molecular complexity index is 529. The minimum atomic E-state index is -1.03. The van der Waals surface area contributed by atoms with Crippen LogP contribution in [0.4, 0.5) is 10.8 Å². The van der Waals surface area contributed by atoms with Gasteiger partial charge in [0.2, 0.25) is 0 Å². The molecule has 0 aliphatic carbocycles. The average molecular weight is 249 g/mol. The van der Waals surface area contributed by atoms with Gasteiger partial charge < -0.3 is 10.4 Å². The fraction of sp³-hybridized carbons (Fsp3) is 0.182. The van der Waals surface area contributed by atoms with Crippen LogP contribution >= 0.6 is 11.3 Å². The van der Waals surface area contributed by atoms with E-state index in [0.717, 1.165) is 21.4 Å². The Morgan fingerprint density at radius 2 is 2.18 bits per heavy atom. The summed E-state index contributed by atoms with van der Waals surface area (Å²) in [5.41, 5.74) is 1.75. The van der Waals surface area contributed by atoms with Gasteiger partial charge in [-0.2, -0.15) is 0 Å². The van der Waals surface area contributed by atoms with Crippen LogP contribution in [0.3, 0.4) is 0 Å². The summed E-state index contributed by atoms with van der Waals surface area (Å²) < 4.78 is 0. The van der Waals surface area contributed by atoms with Gasteiger partial charge in [0.05, 0.1) is 17.6 Å². The molecule has 0 aromatic carbocycles. The normalized spacial score (nSPS) is 10.2. The lowest BCUT2D eigenvalue weighted by atomic mass is 10.3. The highest BCUT2D eigenvalue weighted by Gasteiger charge is 2.06. The van der Waals surface area contributed by atoms with E-state index in [-0.39, 0.29) is 5.69 Å². The van der Waals surface area contributed by atoms with Crippen molar-refractivity contribution in [2.45, 2.75) is 13.8 Å². The number of aromatic nitrogens is 2. The highest BCUT2D eigenvalue weighted by molar-refractivity contribution is 7.15. The first-order valence-electron chi connectivity index (χ1n) is 4.96. The Kier molecular flexibility index (Phi) is 3.06. The van der Waals surface area contributed by atoms with Crippen molar-refractivity contribution in [1.29, 1.82) is 0 Å². The lowest BCUT2D eigenvalue weighted by Gasteiger charge is -2.01. The van der Waals surface area contributed by atoms with E-state index in [0.29, 0.717) is 0 Å². The molecule has 0 atom stereocenters. The van der Waals surface area contributed by atoms with E-state index in [2.05, 4.69) is 15.3 Å². The first-order valence-corrected chi connectivity index (χ1v) is 5.78. The number of nitrogens with zero attached hydrogens (tertiary/aromatic N) is 2. The number of hydrogen-bond acceptors (Lipinski definition) is 5. The number of rotatable bonds is 3. The van der Waals surface area contributed by atoms with Crippen molar-refractivity contribution in [1.82, 2.24) is 9.97 Å². The zero-order valence-electron chi connectivity index (χ0n) is 9.39. The molecule has 0 bridgehead atoms. The Balaban J connectivity index is 2.16. The standard InChI is InChI=1S/C11H11N3O2S/c1-6-7(2)17-11(13-6)14-8-3-4-9(10(15)16)12-5-8/h3-5H,1-2H3,(H,13,14)(H,15,16). The van der Waals surface area contributed by atoms with Crippen molar-refractivity contribution in [2.75, 3.05) is 5.32 Å². The highest BCUT2D eigenvalue weighted by atomic mass is 32.1. The van der Waals surface area contributed by atoms with Gasteiger partial charge in [0, 0.05) is 4.88 Å². The molecule has 17 heavy (non-hydrogen) atoms. The molecule has 0 unspecified atom stereocenters. The van der Waals surface area contributed by atoms with Gasteiger partial charge in [-0.1, -0.05) is 0 Å². The number of pyridine rings is 1. The molecule has 6 heteroatoms. The summed E-state index contributed by atoms with van der Waals surface area (Å²) >= 11 is 1.55. The van der Waals surface area contributed by atoms with Crippen molar-refractivity contribution in [3.8, 4) is 0 Å². The Labute approximate surface area is 102 Å². The van der Waals surface area contributed by atoms with Crippen LogP contribution in [-0.2, 0) is 0 Å². The van der Waals surface area contributed by atoms with Crippen LogP contribution in [0.5, 0.6) is 0 Å². The monoisotopic (exact) mass is 249 g/mol. The van der Waals surface area contributed by atoms with E-state index in [4.69, 9.17) is 5.11 Å². The molecule has 0 aliphatic rings. The smallest absolute Gasteiger partial charge is 0.354 e. The zero-order valence-corrected chi connectivity index (χ0v) is 10.2. The predicted molar refractivity (Wildman–Crippen MR) is 66.1 cm³/mol. The van der Waals surface area contributed by atoms with Crippen LogP contribution in [0.15, 0.2) is 18.3 Å². The van der Waals surface area contributed by atoms with E-state index < -0.39 is 5.97 Å². The van der Waals surface area contributed by atoms with Gasteiger partial charge in [-0.3, -0.25) is 0 Å². The summed E-state index contributed by atoms with van der Waals surface area (Å²) in [5, 5.41) is 12.6. The summed E-state index contributed by atoms with van der Waals surface area (Å²) in [4.78, 5) is 19.9. The van der Waals surface area contributed by atoms with Gasteiger partial charge in [0.1, 0.15) is 5.69 Å². The summed E-state index contributed by atoms with van der Waals surface area (Å²) in [6.07, 6.45) is 1.48. The molecule has 0 spiro atoms.